The van der Waals surface area contributed by atoms with E-state index in [1.165, 1.54) is 32.1 Å². The first-order valence-electron chi connectivity index (χ1n) is 11.7. The van der Waals surface area contributed by atoms with Crippen molar-refractivity contribution in [2.45, 2.75) is 116 Å². The summed E-state index contributed by atoms with van der Waals surface area (Å²) in [7, 11) is 1.57. The Bertz CT molecular complexity index is 483. The maximum atomic E-state index is 12.7. The van der Waals surface area contributed by atoms with Crippen molar-refractivity contribution in [3.63, 3.8) is 0 Å². The van der Waals surface area contributed by atoms with Gasteiger partial charge in [0.2, 0.25) is 0 Å². The molecule has 1 amide bonds. The van der Waals surface area contributed by atoms with E-state index < -0.39 is 18.2 Å². The van der Waals surface area contributed by atoms with Crippen LogP contribution in [-0.4, -0.2) is 56.7 Å². The first kappa shape index (κ1) is 25.4. The van der Waals surface area contributed by atoms with Crippen LogP contribution in [0.4, 0.5) is 4.79 Å². The molecule has 0 aromatic rings. The van der Waals surface area contributed by atoms with Crippen LogP contribution in [0.1, 0.15) is 85.5 Å². The van der Waals surface area contributed by atoms with Gasteiger partial charge in [-0.3, -0.25) is 0 Å². The number of carbonyl (C=O) groups excluding carboxylic acids is 1. The molecule has 1 N–H and O–H groups in total. The zero-order chi connectivity index (χ0) is 22.0. The SMILES string of the molecule is CCOC(OC)OC(C(CC1CCCCC1)NC(=O)OC(C)(C)C)C1CCCCO1. The van der Waals surface area contributed by atoms with E-state index in [1.807, 2.05) is 27.7 Å². The maximum Gasteiger partial charge on any atom is 0.407 e. The lowest BCUT2D eigenvalue weighted by atomic mass is 9.82. The van der Waals surface area contributed by atoms with Crippen LogP contribution in [0.15, 0.2) is 0 Å². The van der Waals surface area contributed by atoms with Crippen molar-refractivity contribution in [3.05, 3.63) is 0 Å². The van der Waals surface area contributed by atoms with Crippen molar-refractivity contribution in [2.24, 2.45) is 5.92 Å². The summed E-state index contributed by atoms with van der Waals surface area (Å²) in [5, 5.41) is 3.11. The van der Waals surface area contributed by atoms with Gasteiger partial charge in [-0.2, -0.15) is 0 Å². The van der Waals surface area contributed by atoms with E-state index in [-0.39, 0.29) is 18.2 Å². The molecule has 0 aromatic carbocycles. The normalized spacial score (nSPS) is 24.1. The molecule has 1 aliphatic heterocycles. The van der Waals surface area contributed by atoms with Gasteiger partial charge in [0.15, 0.2) is 0 Å². The summed E-state index contributed by atoms with van der Waals surface area (Å²) in [6.07, 6.45) is 9.13. The van der Waals surface area contributed by atoms with E-state index in [1.54, 1.807) is 7.11 Å². The highest BCUT2D eigenvalue weighted by Crippen LogP contribution is 2.31. The predicted molar refractivity (Wildman–Crippen MR) is 115 cm³/mol. The van der Waals surface area contributed by atoms with Gasteiger partial charge in [-0.1, -0.05) is 32.1 Å². The van der Waals surface area contributed by atoms with Crippen LogP contribution >= 0.6 is 0 Å². The third-order valence-electron chi connectivity index (χ3n) is 5.76. The van der Waals surface area contributed by atoms with Crippen LogP contribution in [0.5, 0.6) is 0 Å². The predicted octanol–water partition coefficient (Wildman–Crippen LogP) is 4.77. The fraction of sp³-hybridized carbons (Fsp3) is 0.957. The average Bonchev–Trinajstić information content (AvgIpc) is 2.70. The molecular formula is C23H43NO6. The smallest absolute Gasteiger partial charge is 0.407 e. The van der Waals surface area contributed by atoms with Crippen molar-refractivity contribution in [3.8, 4) is 0 Å². The van der Waals surface area contributed by atoms with E-state index in [0.717, 1.165) is 25.7 Å². The molecule has 0 bridgehead atoms. The Morgan fingerprint density at radius 3 is 2.37 bits per heavy atom. The number of alkyl carbamates (subject to hydrolysis) is 1. The molecule has 1 saturated heterocycles. The van der Waals surface area contributed by atoms with Gasteiger partial charge in [0, 0.05) is 20.3 Å². The molecule has 30 heavy (non-hydrogen) atoms. The fourth-order valence-electron chi connectivity index (χ4n) is 4.41. The highest BCUT2D eigenvalue weighted by Gasteiger charge is 2.38. The molecule has 0 spiro atoms. The van der Waals surface area contributed by atoms with Gasteiger partial charge < -0.3 is 29.0 Å². The van der Waals surface area contributed by atoms with Crippen molar-refractivity contribution >= 4 is 6.09 Å². The number of hydrogen-bond donors (Lipinski definition) is 1. The van der Waals surface area contributed by atoms with Gasteiger partial charge in [0.25, 0.3) is 6.48 Å². The first-order valence-corrected chi connectivity index (χ1v) is 11.7. The van der Waals surface area contributed by atoms with Gasteiger partial charge in [-0.05, 0) is 59.3 Å². The van der Waals surface area contributed by atoms with Crippen molar-refractivity contribution < 1.29 is 28.5 Å². The van der Waals surface area contributed by atoms with E-state index in [9.17, 15) is 4.79 Å². The summed E-state index contributed by atoms with van der Waals surface area (Å²) < 4.78 is 28.9. The lowest BCUT2D eigenvalue weighted by Crippen LogP contribution is -2.54. The molecule has 2 fully saturated rings. The fourth-order valence-corrected chi connectivity index (χ4v) is 4.41. The van der Waals surface area contributed by atoms with Gasteiger partial charge >= 0.3 is 6.09 Å². The third-order valence-corrected chi connectivity index (χ3v) is 5.76. The summed E-state index contributed by atoms with van der Waals surface area (Å²) in [6.45, 7) is 7.91. The third kappa shape index (κ3) is 9.08. The Kier molecular flexibility index (Phi) is 10.9. The quantitative estimate of drug-likeness (QED) is 0.504. The number of carbonyl (C=O) groups is 1. The van der Waals surface area contributed by atoms with E-state index >= 15 is 0 Å². The molecular weight excluding hydrogens is 386 g/mol. The van der Waals surface area contributed by atoms with Crippen LogP contribution in [-0.2, 0) is 23.7 Å². The number of ether oxygens (including phenoxy) is 5. The summed E-state index contributed by atoms with van der Waals surface area (Å²) in [6, 6.07) is -0.232. The molecule has 4 atom stereocenters. The standard InChI is InChI=1S/C23H43NO6/c1-6-27-22(26-5)29-20(19-14-10-11-15-28-19)18(16-17-12-8-7-9-13-17)24-21(25)30-23(2,3)4/h17-20,22H,6-16H2,1-5H3,(H,24,25). The van der Waals surface area contributed by atoms with Crippen molar-refractivity contribution in [1.29, 1.82) is 0 Å². The largest absolute Gasteiger partial charge is 0.444 e. The lowest BCUT2D eigenvalue weighted by molar-refractivity contribution is -0.310. The minimum Gasteiger partial charge on any atom is -0.444 e. The van der Waals surface area contributed by atoms with Gasteiger partial charge in [-0.15, -0.1) is 0 Å². The highest BCUT2D eigenvalue weighted by molar-refractivity contribution is 5.68. The molecule has 0 radical (unpaired) electrons. The summed E-state index contributed by atoms with van der Waals surface area (Å²) in [4.78, 5) is 12.7. The molecule has 1 saturated carbocycles. The average molecular weight is 430 g/mol. The summed E-state index contributed by atoms with van der Waals surface area (Å²) in [5.74, 6) is 0.557. The van der Waals surface area contributed by atoms with E-state index in [2.05, 4.69) is 5.32 Å². The Morgan fingerprint density at radius 1 is 1.10 bits per heavy atom. The van der Waals surface area contributed by atoms with Gasteiger partial charge in [0.1, 0.15) is 11.7 Å². The number of nitrogens with one attached hydrogen (secondary N) is 1. The number of methoxy groups -OCH3 is 1. The van der Waals surface area contributed by atoms with Crippen LogP contribution in [0.2, 0.25) is 0 Å². The number of amides is 1. The molecule has 176 valence electrons. The first-order chi connectivity index (χ1) is 14.3. The molecule has 1 heterocycles. The van der Waals surface area contributed by atoms with Crippen molar-refractivity contribution in [2.75, 3.05) is 20.3 Å². The topological polar surface area (TPSA) is 75.2 Å². The second kappa shape index (κ2) is 12.8. The van der Waals surface area contributed by atoms with Gasteiger partial charge in [-0.25, -0.2) is 4.79 Å². The van der Waals surface area contributed by atoms with Crippen LogP contribution in [0, 0.1) is 5.92 Å². The minimum atomic E-state index is -0.792. The van der Waals surface area contributed by atoms with Crippen LogP contribution in [0.3, 0.4) is 0 Å². The molecule has 0 aromatic heterocycles. The summed E-state index contributed by atoms with van der Waals surface area (Å²) in [5.41, 5.74) is -0.558. The minimum absolute atomic E-state index is 0.111. The lowest BCUT2D eigenvalue weighted by Gasteiger charge is -2.39. The second-order valence-electron chi connectivity index (χ2n) is 9.48. The second-order valence-corrected chi connectivity index (χ2v) is 9.48. The monoisotopic (exact) mass is 429 g/mol. The Morgan fingerprint density at radius 2 is 1.80 bits per heavy atom. The molecule has 2 rings (SSSR count). The summed E-state index contributed by atoms with van der Waals surface area (Å²) >= 11 is 0. The van der Waals surface area contributed by atoms with Crippen LogP contribution < -0.4 is 5.32 Å². The van der Waals surface area contributed by atoms with E-state index in [4.69, 9.17) is 23.7 Å². The molecule has 1 aliphatic carbocycles. The zero-order valence-electron chi connectivity index (χ0n) is 19.6. The molecule has 7 nitrogen and oxygen atoms in total. The zero-order valence-corrected chi connectivity index (χ0v) is 19.6. The Balaban J connectivity index is 2.19. The number of rotatable bonds is 10. The molecule has 7 heteroatoms. The number of hydrogen-bond acceptors (Lipinski definition) is 6. The van der Waals surface area contributed by atoms with Gasteiger partial charge in [0.05, 0.1) is 12.1 Å². The highest BCUT2D eigenvalue weighted by atomic mass is 16.8. The molecule has 2 aliphatic rings. The van der Waals surface area contributed by atoms with Crippen LogP contribution in [0.25, 0.3) is 0 Å². The Hall–Kier alpha value is -0.890. The van der Waals surface area contributed by atoms with Crippen molar-refractivity contribution in [1.82, 2.24) is 5.32 Å². The molecule has 4 unspecified atom stereocenters. The Labute approximate surface area is 182 Å². The maximum absolute atomic E-state index is 12.7. The van der Waals surface area contributed by atoms with E-state index in [0.29, 0.717) is 19.1 Å².